The van der Waals surface area contributed by atoms with E-state index in [0.717, 1.165) is 16.7 Å². The molecule has 0 radical (unpaired) electrons. The largest absolute Gasteiger partial charge is 0.253 e. The van der Waals surface area contributed by atoms with Crippen LogP contribution in [0.25, 0.3) is 17.1 Å². The molecule has 1 aromatic heterocycles. The Morgan fingerprint density at radius 1 is 0.900 bits per heavy atom. The number of nitrogens with zero attached hydrogens (tertiary/aromatic N) is 2. The molecule has 0 N–H and O–H groups in total. The molecule has 3 aromatic rings. The first-order chi connectivity index (χ1) is 9.83. The summed E-state index contributed by atoms with van der Waals surface area (Å²) in [5, 5.41) is 0. The van der Waals surface area contributed by atoms with Gasteiger partial charge in [0.15, 0.2) is 0 Å². The van der Waals surface area contributed by atoms with Gasteiger partial charge >= 0.3 is 0 Å². The maximum atomic E-state index is 4.67. The van der Waals surface area contributed by atoms with E-state index in [2.05, 4.69) is 41.2 Å². The molecule has 20 heavy (non-hydrogen) atoms. The highest BCUT2D eigenvalue weighted by Gasteiger charge is 2.05. The molecule has 0 amide bonds. The number of aromatic nitrogens is 2. The van der Waals surface area contributed by atoms with E-state index >= 15 is 0 Å². The van der Waals surface area contributed by atoms with E-state index in [1.165, 1.54) is 5.56 Å². The molecule has 0 aliphatic carbocycles. The van der Waals surface area contributed by atoms with Gasteiger partial charge < -0.3 is 0 Å². The zero-order valence-corrected chi connectivity index (χ0v) is 11.4. The highest BCUT2D eigenvalue weighted by Crippen LogP contribution is 2.18. The highest BCUT2D eigenvalue weighted by atomic mass is 14.8. The number of hydrogen-bond donors (Lipinski definition) is 0. The molecule has 1 heterocycles. The standard InChI is InChI=1S/C18H16N2/c1-14(11-12-15-7-3-2-4-8-15)18-13-19-16-9-5-6-10-17(16)20-18/h2-14H,1H3. The second-order valence-corrected chi connectivity index (χ2v) is 4.84. The second kappa shape index (κ2) is 5.66. The topological polar surface area (TPSA) is 25.8 Å². The van der Waals surface area contributed by atoms with Crippen LogP contribution < -0.4 is 0 Å². The van der Waals surface area contributed by atoms with Crippen LogP contribution in [0.15, 0.2) is 66.9 Å². The van der Waals surface area contributed by atoms with E-state index in [-0.39, 0.29) is 5.92 Å². The van der Waals surface area contributed by atoms with Crippen molar-refractivity contribution in [3.05, 3.63) is 78.1 Å². The summed E-state index contributed by atoms with van der Waals surface area (Å²) in [6.07, 6.45) is 6.15. The Labute approximate surface area is 118 Å². The Hall–Kier alpha value is -2.48. The fraction of sp³-hybridized carbons (Fsp3) is 0.111. The van der Waals surface area contributed by atoms with Gasteiger partial charge in [0.1, 0.15) is 0 Å². The van der Waals surface area contributed by atoms with Crippen molar-refractivity contribution in [2.45, 2.75) is 12.8 Å². The van der Waals surface area contributed by atoms with Crippen LogP contribution in [0.4, 0.5) is 0 Å². The molecule has 0 aliphatic heterocycles. The molecule has 0 saturated heterocycles. The van der Waals surface area contributed by atoms with Gasteiger partial charge in [-0.15, -0.1) is 0 Å². The lowest BCUT2D eigenvalue weighted by Gasteiger charge is -2.06. The fourth-order valence-corrected chi connectivity index (χ4v) is 2.11. The quantitative estimate of drug-likeness (QED) is 0.695. The third kappa shape index (κ3) is 2.75. The third-order valence-electron chi connectivity index (χ3n) is 3.31. The minimum absolute atomic E-state index is 0.243. The van der Waals surface area contributed by atoms with Crippen molar-refractivity contribution in [2.24, 2.45) is 0 Å². The van der Waals surface area contributed by atoms with E-state index in [4.69, 9.17) is 0 Å². The summed E-state index contributed by atoms with van der Waals surface area (Å²) in [6.45, 7) is 2.14. The Balaban J connectivity index is 1.85. The van der Waals surface area contributed by atoms with Crippen molar-refractivity contribution >= 4 is 17.1 Å². The van der Waals surface area contributed by atoms with Crippen LogP contribution in [0.3, 0.4) is 0 Å². The summed E-state index contributed by atoms with van der Waals surface area (Å²) in [6, 6.07) is 18.2. The number of allylic oxidation sites excluding steroid dienone is 1. The van der Waals surface area contributed by atoms with E-state index in [1.807, 2.05) is 48.7 Å². The van der Waals surface area contributed by atoms with Crippen LogP contribution in [-0.2, 0) is 0 Å². The van der Waals surface area contributed by atoms with E-state index in [9.17, 15) is 0 Å². The zero-order chi connectivity index (χ0) is 13.8. The summed E-state index contributed by atoms with van der Waals surface area (Å²) in [5.41, 5.74) is 4.09. The Morgan fingerprint density at radius 2 is 1.60 bits per heavy atom. The number of hydrogen-bond acceptors (Lipinski definition) is 2. The molecular weight excluding hydrogens is 244 g/mol. The smallest absolute Gasteiger partial charge is 0.0890 e. The average Bonchev–Trinajstić information content (AvgIpc) is 2.53. The van der Waals surface area contributed by atoms with Crippen molar-refractivity contribution in [3.63, 3.8) is 0 Å². The minimum atomic E-state index is 0.243. The monoisotopic (exact) mass is 260 g/mol. The second-order valence-electron chi connectivity index (χ2n) is 4.84. The van der Waals surface area contributed by atoms with Gasteiger partial charge in [0, 0.05) is 12.1 Å². The Morgan fingerprint density at radius 3 is 2.40 bits per heavy atom. The van der Waals surface area contributed by atoms with Gasteiger partial charge in [-0.05, 0) is 17.7 Å². The number of para-hydroxylation sites is 2. The van der Waals surface area contributed by atoms with E-state index in [0.29, 0.717) is 0 Å². The van der Waals surface area contributed by atoms with Gasteiger partial charge in [0.25, 0.3) is 0 Å². The van der Waals surface area contributed by atoms with Crippen molar-refractivity contribution < 1.29 is 0 Å². The highest BCUT2D eigenvalue weighted by molar-refractivity contribution is 5.73. The molecule has 0 spiro atoms. The Bertz CT molecular complexity index is 733. The molecule has 0 fully saturated rings. The zero-order valence-electron chi connectivity index (χ0n) is 11.4. The van der Waals surface area contributed by atoms with Crippen molar-refractivity contribution in [1.29, 1.82) is 0 Å². The fourth-order valence-electron chi connectivity index (χ4n) is 2.11. The van der Waals surface area contributed by atoms with Crippen LogP contribution in [0, 0.1) is 0 Å². The van der Waals surface area contributed by atoms with E-state index < -0.39 is 0 Å². The maximum absolute atomic E-state index is 4.67. The van der Waals surface area contributed by atoms with Gasteiger partial charge in [-0.3, -0.25) is 4.98 Å². The van der Waals surface area contributed by atoms with Crippen LogP contribution in [0.1, 0.15) is 24.1 Å². The van der Waals surface area contributed by atoms with Crippen LogP contribution in [0.5, 0.6) is 0 Å². The lowest BCUT2D eigenvalue weighted by atomic mass is 10.1. The third-order valence-corrected chi connectivity index (χ3v) is 3.31. The van der Waals surface area contributed by atoms with Gasteiger partial charge in [-0.1, -0.05) is 61.5 Å². The summed E-state index contributed by atoms with van der Waals surface area (Å²) in [7, 11) is 0. The normalized spacial score (nSPS) is 12.8. The van der Waals surface area contributed by atoms with Crippen LogP contribution in [0.2, 0.25) is 0 Å². The predicted octanol–water partition coefficient (Wildman–Crippen LogP) is 4.45. The molecule has 1 atom stereocenters. The predicted molar refractivity (Wildman–Crippen MR) is 83.4 cm³/mol. The van der Waals surface area contributed by atoms with Crippen molar-refractivity contribution in [1.82, 2.24) is 9.97 Å². The first kappa shape index (κ1) is 12.5. The molecule has 3 rings (SSSR count). The molecule has 0 saturated carbocycles. The molecule has 2 aromatic carbocycles. The molecule has 98 valence electrons. The SMILES string of the molecule is CC(C=Cc1ccccc1)c1cnc2ccccc2n1. The summed E-state index contributed by atoms with van der Waals surface area (Å²) >= 11 is 0. The van der Waals surface area contributed by atoms with Gasteiger partial charge in [-0.2, -0.15) is 0 Å². The van der Waals surface area contributed by atoms with E-state index in [1.54, 1.807) is 0 Å². The first-order valence-corrected chi connectivity index (χ1v) is 6.78. The van der Waals surface area contributed by atoms with Crippen molar-refractivity contribution in [2.75, 3.05) is 0 Å². The average molecular weight is 260 g/mol. The molecule has 0 aliphatic rings. The molecule has 2 heteroatoms. The number of rotatable bonds is 3. The molecule has 2 nitrogen and oxygen atoms in total. The Kier molecular flexibility index (Phi) is 3.55. The summed E-state index contributed by atoms with van der Waals surface area (Å²) in [4.78, 5) is 9.13. The summed E-state index contributed by atoms with van der Waals surface area (Å²) < 4.78 is 0. The van der Waals surface area contributed by atoms with Crippen LogP contribution in [-0.4, -0.2) is 9.97 Å². The van der Waals surface area contributed by atoms with Crippen LogP contribution >= 0.6 is 0 Å². The summed E-state index contributed by atoms with van der Waals surface area (Å²) in [5.74, 6) is 0.243. The maximum Gasteiger partial charge on any atom is 0.0890 e. The number of benzene rings is 2. The molecular formula is C18H16N2. The minimum Gasteiger partial charge on any atom is -0.253 e. The molecule has 1 unspecified atom stereocenters. The lowest BCUT2D eigenvalue weighted by molar-refractivity contribution is 0.909. The van der Waals surface area contributed by atoms with Gasteiger partial charge in [0.2, 0.25) is 0 Å². The van der Waals surface area contributed by atoms with Gasteiger partial charge in [-0.25, -0.2) is 4.98 Å². The van der Waals surface area contributed by atoms with Gasteiger partial charge in [0.05, 0.1) is 16.7 Å². The van der Waals surface area contributed by atoms with Crippen molar-refractivity contribution in [3.8, 4) is 0 Å². The molecule has 0 bridgehead atoms. The lowest BCUT2D eigenvalue weighted by Crippen LogP contribution is -1.96. The first-order valence-electron chi connectivity index (χ1n) is 6.78. The number of fused-ring (bicyclic) bond motifs is 1.